The lowest BCUT2D eigenvalue weighted by molar-refractivity contribution is -0.115. The smallest absolute Gasteiger partial charge is 0.322 e. The normalized spacial score (nSPS) is 17.4. The van der Waals surface area contributed by atoms with Gasteiger partial charge >= 0.3 is 6.03 Å². The summed E-state index contributed by atoms with van der Waals surface area (Å²) in [4.78, 5) is 25.7. The van der Waals surface area contributed by atoms with E-state index in [1.807, 2.05) is 13.0 Å². The molecule has 0 radical (unpaired) electrons. The highest BCUT2D eigenvalue weighted by molar-refractivity contribution is 7.90. The third-order valence-electron chi connectivity index (χ3n) is 4.22. The summed E-state index contributed by atoms with van der Waals surface area (Å²) in [7, 11) is -3.15. The van der Waals surface area contributed by atoms with E-state index >= 15 is 0 Å². The summed E-state index contributed by atoms with van der Waals surface area (Å²) in [6, 6.07) is 4.70. The van der Waals surface area contributed by atoms with Crippen LogP contribution >= 0.6 is 0 Å². The average Bonchev–Trinajstić information content (AvgIpc) is 2.96. The molecule has 0 bridgehead atoms. The van der Waals surface area contributed by atoms with Gasteiger partial charge in [-0.2, -0.15) is 0 Å². The largest absolute Gasteiger partial charge is 0.326 e. The number of hydrogen-bond acceptors (Lipinski definition) is 4. The Labute approximate surface area is 148 Å². The maximum Gasteiger partial charge on any atom is 0.322 e. The Bertz CT molecular complexity index is 761. The quantitative estimate of drug-likeness (QED) is 0.835. The Hall–Kier alpha value is -2.09. The van der Waals surface area contributed by atoms with Crippen molar-refractivity contribution < 1.29 is 18.0 Å². The summed E-state index contributed by atoms with van der Waals surface area (Å²) in [5.41, 5.74) is 2.08. The van der Waals surface area contributed by atoms with E-state index in [1.165, 1.54) is 6.26 Å². The van der Waals surface area contributed by atoms with E-state index in [0.29, 0.717) is 30.8 Å². The summed E-state index contributed by atoms with van der Waals surface area (Å²) in [5, 5.41) is 5.60. The van der Waals surface area contributed by atoms with Gasteiger partial charge in [-0.3, -0.25) is 4.79 Å². The molecule has 1 aromatic carbocycles. The standard InChI is InChI=1S/C17H25N3O4S/c1-4-16(21)18-13-8-7-12(2)15(10-13)19-17(22)20-9-5-6-14(20)11-25(3,23)24/h7-8,10,14H,4-6,9,11H2,1-3H3,(H,18,21)(H,19,22)/t14-/m1/s1. The summed E-state index contributed by atoms with van der Waals surface area (Å²) in [5.74, 6) is -0.125. The number of hydrogen-bond donors (Lipinski definition) is 2. The van der Waals surface area contributed by atoms with Gasteiger partial charge in [-0.1, -0.05) is 13.0 Å². The van der Waals surface area contributed by atoms with Gasteiger partial charge < -0.3 is 15.5 Å². The fraction of sp³-hybridized carbons (Fsp3) is 0.529. The lowest BCUT2D eigenvalue weighted by Crippen LogP contribution is -2.42. The number of nitrogens with one attached hydrogen (secondary N) is 2. The fourth-order valence-corrected chi connectivity index (χ4v) is 3.94. The van der Waals surface area contributed by atoms with Gasteiger partial charge in [-0.15, -0.1) is 0 Å². The number of rotatable bonds is 5. The van der Waals surface area contributed by atoms with Gasteiger partial charge in [0.25, 0.3) is 0 Å². The molecule has 0 aromatic heterocycles. The minimum atomic E-state index is -3.15. The van der Waals surface area contributed by atoms with Crippen molar-refractivity contribution in [3.8, 4) is 0 Å². The number of urea groups is 1. The highest BCUT2D eigenvalue weighted by Crippen LogP contribution is 2.24. The third kappa shape index (κ3) is 5.45. The topological polar surface area (TPSA) is 95.6 Å². The number of benzene rings is 1. The molecule has 1 aliphatic heterocycles. The van der Waals surface area contributed by atoms with Crippen molar-refractivity contribution in [2.24, 2.45) is 0 Å². The number of carbonyl (C=O) groups excluding carboxylic acids is 2. The van der Waals surface area contributed by atoms with Crippen molar-refractivity contribution in [1.82, 2.24) is 4.90 Å². The first-order valence-electron chi connectivity index (χ1n) is 8.35. The lowest BCUT2D eigenvalue weighted by Gasteiger charge is -2.25. The minimum absolute atomic E-state index is 0.0218. The van der Waals surface area contributed by atoms with Crippen LogP contribution in [0.3, 0.4) is 0 Å². The van der Waals surface area contributed by atoms with Crippen LogP contribution in [0.25, 0.3) is 0 Å². The molecule has 1 atom stereocenters. The Morgan fingerprint density at radius 1 is 1.28 bits per heavy atom. The molecule has 0 aliphatic carbocycles. The molecule has 0 unspecified atom stereocenters. The van der Waals surface area contributed by atoms with Crippen molar-refractivity contribution in [2.75, 3.05) is 29.2 Å². The SMILES string of the molecule is CCC(=O)Nc1ccc(C)c(NC(=O)N2CCC[C@@H]2CS(C)(=O)=O)c1. The van der Waals surface area contributed by atoms with Crippen LogP contribution < -0.4 is 10.6 Å². The molecule has 3 amide bonds. The first-order chi connectivity index (χ1) is 11.7. The number of anilines is 2. The summed E-state index contributed by atoms with van der Waals surface area (Å²) in [6.45, 7) is 4.16. The second-order valence-electron chi connectivity index (χ2n) is 6.44. The maximum absolute atomic E-state index is 12.6. The summed E-state index contributed by atoms with van der Waals surface area (Å²) < 4.78 is 23.1. The number of sulfone groups is 1. The zero-order valence-electron chi connectivity index (χ0n) is 14.8. The van der Waals surface area contributed by atoms with Crippen molar-refractivity contribution in [1.29, 1.82) is 0 Å². The third-order valence-corrected chi connectivity index (χ3v) is 5.21. The molecule has 7 nitrogen and oxygen atoms in total. The number of amides is 3. The first kappa shape index (κ1) is 19.2. The van der Waals surface area contributed by atoms with E-state index in [2.05, 4.69) is 10.6 Å². The van der Waals surface area contributed by atoms with Crippen LogP contribution in [-0.4, -0.2) is 49.9 Å². The molecular formula is C17H25N3O4S. The van der Waals surface area contributed by atoms with Crippen LogP contribution in [0.15, 0.2) is 18.2 Å². The van der Waals surface area contributed by atoms with Gasteiger partial charge in [0.15, 0.2) is 0 Å². The predicted octanol–water partition coefficient (Wildman–Crippen LogP) is 2.38. The molecule has 0 spiro atoms. The molecule has 2 rings (SSSR count). The molecule has 1 saturated heterocycles. The van der Waals surface area contributed by atoms with Crippen LogP contribution in [0.2, 0.25) is 0 Å². The molecule has 1 fully saturated rings. The minimum Gasteiger partial charge on any atom is -0.326 e. The number of likely N-dealkylation sites (tertiary alicyclic amines) is 1. The highest BCUT2D eigenvalue weighted by atomic mass is 32.2. The van der Waals surface area contributed by atoms with Gasteiger partial charge in [0.1, 0.15) is 9.84 Å². The van der Waals surface area contributed by atoms with Crippen molar-refractivity contribution in [2.45, 2.75) is 39.2 Å². The second kappa shape index (κ2) is 7.86. The Morgan fingerprint density at radius 2 is 2.00 bits per heavy atom. The number of carbonyl (C=O) groups is 2. The van der Waals surface area contributed by atoms with E-state index in [0.717, 1.165) is 12.0 Å². The monoisotopic (exact) mass is 367 g/mol. The molecule has 25 heavy (non-hydrogen) atoms. The van der Waals surface area contributed by atoms with Crippen molar-refractivity contribution in [3.05, 3.63) is 23.8 Å². The van der Waals surface area contributed by atoms with Crippen LogP contribution in [-0.2, 0) is 14.6 Å². The van der Waals surface area contributed by atoms with Crippen LogP contribution in [0.5, 0.6) is 0 Å². The van der Waals surface area contributed by atoms with Gasteiger partial charge in [0.05, 0.1) is 5.75 Å². The van der Waals surface area contributed by atoms with Crippen molar-refractivity contribution >= 4 is 33.2 Å². The van der Waals surface area contributed by atoms with Crippen LogP contribution in [0.1, 0.15) is 31.7 Å². The Morgan fingerprint density at radius 3 is 2.64 bits per heavy atom. The van der Waals surface area contributed by atoms with Gasteiger partial charge in [-0.05, 0) is 37.5 Å². The first-order valence-corrected chi connectivity index (χ1v) is 10.4. The van der Waals surface area contributed by atoms with E-state index in [1.54, 1.807) is 24.0 Å². The zero-order valence-corrected chi connectivity index (χ0v) is 15.6. The van der Waals surface area contributed by atoms with Gasteiger partial charge in [0, 0.05) is 36.6 Å². The Kier molecular flexibility index (Phi) is 6.05. The maximum atomic E-state index is 12.6. The molecule has 1 heterocycles. The average molecular weight is 367 g/mol. The molecule has 1 aliphatic rings. The molecule has 8 heteroatoms. The lowest BCUT2D eigenvalue weighted by atomic mass is 10.1. The van der Waals surface area contributed by atoms with E-state index in [4.69, 9.17) is 0 Å². The molecule has 138 valence electrons. The zero-order chi connectivity index (χ0) is 18.6. The summed E-state index contributed by atoms with van der Waals surface area (Å²) in [6.07, 6.45) is 3.03. The summed E-state index contributed by atoms with van der Waals surface area (Å²) >= 11 is 0. The molecule has 0 saturated carbocycles. The van der Waals surface area contributed by atoms with Crippen LogP contribution in [0, 0.1) is 6.92 Å². The van der Waals surface area contributed by atoms with Crippen LogP contribution in [0.4, 0.5) is 16.2 Å². The van der Waals surface area contributed by atoms with E-state index < -0.39 is 9.84 Å². The van der Waals surface area contributed by atoms with Gasteiger partial charge in [0.2, 0.25) is 5.91 Å². The number of nitrogens with zero attached hydrogens (tertiary/aromatic N) is 1. The van der Waals surface area contributed by atoms with E-state index in [9.17, 15) is 18.0 Å². The molecule has 1 aromatic rings. The predicted molar refractivity (Wildman–Crippen MR) is 98.6 cm³/mol. The van der Waals surface area contributed by atoms with Crippen molar-refractivity contribution in [3.63, 3.8) is 0 Å². The highest BCUT2D eigenvalue weighted by Gasteiger charge is 2.31. The Balaban J connectivity index is 2.11. The number of aryl methyl sites for hydroxylation is 1. The molecule has 2 N–H and O–H groups in total. The van der Waals surface area contributed by atoms with Gasteiger partial charge in [-0.25, -0.2) is 13.2 Å². The van der Waals surface area contributed by atoms with E-state index in [-0.39, 0.29) is 23.7 Å². The second-order valence-corrected chi connectivity index (χ2v) is 8.63. The fourth-order valence-electron chi connectivity index (χ4n) is 2.90. The molecular weight excluding hydrogens is 342 g/mol.